The molecule has 15 heavy (non-hydrogen) atoms. The minimum absolute atomic E-state index is 0.0559. The maximum Gasteiger partial charge on any atom is 0.330 e. The van der Waals surface area contributed by atoms with Crippen LogP contribution in [0.2, 0.25) is 0 Å². The quantitative estimate of drug-likeness (QED) is 0.581. The number of ether oxygens (including phenoxy) is 1. The van der Waals surface area contributed by atoms with Crippen LogP contribution in [0, 0.1) is 0 Å². The Hall–Kier alpha value is -1.10. The van der Waals surface area contributed by atoms with Crippen molar-refractivity contribution in [2.24, 2.45) is 0 Å². The highest BCUT2D eigenvalue weighted by molar-refractivity contribution is 5.84. The van der Waals surface area contributed by atoms with Crippen LogP contribution in [-0.2, 0) is 14.3 Å². The van der Waals surface area contributed by atoms with Crippen molar-refractivity contribution in [1.29, 1.82) is 0 Å². The molecule has 0 aromatic carbocycles. The van der Waals surface area contributed by atoms with Gasteiger partial charge in [-0.15, -0.1) is 0 Å². The number of rotatable bonds is 1. The molecule has 0 unspecified atom stereocenters. The van der Waals surface area contributed by atoms with E-state index < -0.39 is 0 Å². The fourth-order valence-corrected chi connectivity index (χ4v) is 2.29. The van der Waals surface area contributed by atoms with Crippen molar-refractivity contribution in [2.75, 3.05) is 20.2 Å². The van der Waals surface area contributed by atoms with E-state index in [-0.39, 0.29) is 17.9 Å². The minimum Gasteiger partial charge on any atom is -0.467 e. The van der Waals surface area contributed by atoms with Crippen molar-refractivity contribution < 1.29 is 14.3 Å². The molecule has 84 valence electrons. The SMILES string of the molecule is COC(=O)[C@@H]1CCN2CCCCC(=O)N12. The molecule has 5 heteroatoms. The van der Waals surface area contributed by atoms with Gasteiger partial charge in [-0.1, -0.05) is 0 Å². The zero-order valence-electron chi connectivity index (χ0n) is 8.94. The number of methoxy groups -OCH3 is 1. The third-order valence-corrected chi connectivity index (χ3v) is 3.05. The summed E-state index contributed by atoms with van der Waals surface area (Å²) >= 11 is 0. The number of esters is 1. The van der Waals surface area contributed by atoms with Gasteiger partial charge in [0.2, 0.25) is 5.91 Å². The van der Waals surface area contributed by atoms with Crippen LogP contribution < -0.4 is 0 Å². The fourth-order valence-electron chi connectivity index (χ4n) is 2.29. The van der Waals surface area contributed by atoms with Crippen molar-refractivity contribution >= 4 is 11.9 Å². The molecule has 2 aliphatic rings. The molecule has 0 radical (unpaired) electrons. The van der Waals surface area contributed by atoms with Crippen LogP contribution in [0.4, 0.5) is 0 Å². The highest BCUT2D eigenvalue weighted by Gasteiger charge is 2.40. The monoisotopic (exact) mass is 212 g/mol. The van der Waals surface area contributed by atoms with E-state index in [4.69, 9.17) is 4.74 Å². The molecule has 0 spiro atoms. The van der Waals surface area contributed by atoms with Gasteiger partial charge in [0.25, 0.3) is 0 Å². The van der Waals surface area contributed by atoms with Crippen molar-refractivity contribution in [3.05, 3.63) is 0 Å². The molecule has 2 aliphatic heterocycles. The van der Waals surface area contributed by atoms with E-state index in [2.05, 4.69) is 0 Å². The van der Waals surface area contributed by atoms with Gasteiger partial charge in [0.15, 0.2) is 0 Å². The second-order valence-electron chi connectivity index (χ2n) is 3.98. The van der Waals surface area contributed by atoms with Gasteiger partial charge in [-0.3, -0.25) is 9.80 Å². The summed E-state index contributed by atoms with van der Waals surface area (Å²) in [5.41, 5.74) is 0. The van der Waals surface area contributed by atoms with Crippen LogP contribution in [0.15, 0.2) is 0 Å². The second kappa shape index (κ2) is 4.18. The lowest BCUT2D eigenvalue weighted by atomic mass is 10.2. The molecule has 2 saturated heterocycles. The van der Waals surface area contributed by atoms with E-state index in [1.54, 1.807) is 5.01 Å². The maximum atomic E-state index is 11.8. The number of hydrogen-bond acceptors (Lipinski definition) is 4. The molecule has 2 rings (SSSR count). The maximum absolute atomic E-state index is 11.8. The summed E-state index contributed by atoms with van der Waals surface area (Å²) < 4.78 is 4.71. The Bertz CT molecular complexity index is 280. The fraction of sp³-hybridized carbons (Fsp3) is 0.800. The third kappa shape index (κ3) is 1.84. The first-order valence-corrected chi connectivity index (χ1v) is 5.39. The molecule has 1 atom stereocenters. The van der Waals surface area contributed by atoms with E-state index in [1.807, 2.05) is 5.01 Å². The van der Waals surface area contributed by atoms with Gasteiger partial charge < -0.3 is 4.74 Å². The van der Waals surface area contributed by atoms with Crippen molar-refractivity contribution in [1.82, 2.24) is 10.0 Å². The largest absolute Gasteiger partial charge is 0.467 e. The van der Waals surface area contributed by atoms with Crippen LogP contribution in [0.25, 0.3) is 0 Å². The topological polar surface area (TPSA) is 49.9 Å². The van der Waals surface area contributed by atoms with E-state index in [0.29, 0.717) is 12.8 Å². The number of amides is 1. The molecule has 0 saturated carbocycles. The third-order valence-electron chi connectivity index (χ3n) is 3.05. The number of nitrogens with zero attached hydrogens (tertiary/aromatic N) is 2. The summed E-state index contributed by atoms with van der Waals surface area (Å²) in [6.45, 7) is 1.66. The molecular weight excluding hydrogens is 196 g/mol. The summed E-state index contributed by atoms with van der Waals surface area (Å²) in [4.78, 5) is 23.3. The molecule has 0 aliphatic carbocycles. The highest BCUT2D eigenvalue weighted by atomic mass is 16.5. The van der Waals surface area contributed by atoms with Gasteiger partial charge in [-0.05, 0) is 19.3 Å². The smallest absolute Gasteiger partial charge is 0.330 e. The lowest BCUT2D eigenvalue weighted by Gasteiger charge is -2.28. The Balaban J connectivity index is 2.16. The van der Waals surface area contributed by atoms with Crippen LogP contribution in [0.1, 0.15) is 25.7 Å². The minimum atomic E-state index is -0.388. The van der Waals surface area contributed by atoms with E-state index in [1.165, 1.54) is 7.11 Å². The lowest BCUT2D eigenvalue weighted by Crippen LogP contribution is -2.47. The van der Waals surface area contributed by atoms with Gasteiger partial charge in [-0.25, -0.2) is 9.80 Å². The van der Waals surface area contributed by atoms with Crippen molar-refractivity contribution in [2.45, 2.75) is 31.7 Å². The Morgan fingerprint density at radius 3 is 2.93 bits per heavy atom. The average molecular weight is 212 g/mol. The van der Waals surface area contributed by atoms with Crippen LogP contribution >= 0.6 is 0 Å². The average Bonchev–Trinajstić information content (AvgIpc) is 2.58. The second-order valence-corrected chi connectivity index (χ2v) is 3.98. The van der Waals surface area contributed by atoms with E-state index in [9.17, 15) is 9.59 Å². The first-order chi connectivity index (χ1) is 7.24. The lowest BCUT2D eigenvalue weighted by molar-refractivity contribution is -0.160. The van der Waals surface area contributed by atoms with Crippen LogP contribution in [0.3, 0.4) is 0 Å². The number of hydrogen-bond donors (Lipinski definition) is 0. The molecule has 2 fully saturated rings. The number of fused-ring (bicyclic) bond motifs is 1. The molecule has 5 nitrogen and oxygen atoms in total. The molecule has 0 aromatic rings. The summed E-state index contributed by atoms with van der Waals surface area (Å²) in [5, 5.41) is 3.59. The van der Waals surface area contributed by atoms with Crippen LogP contribution in [-0.4, -0.2) is 48.1 Å². The molecule has 0 bridgehead atoms. The number of carbonyl (C=O) groups is 2. The first-order valence-electron chi connectivity index (χ1n) is 5.39. The standard InChI is InChI=1S/C10H16N2O3/c1-15-10(14)8-5-7-11-6-3-2-4-9(13)12(8)11/h8H,2-7H2,1H3/t8-/m0/s1. The predicted molar refractivity (Wildman–Crippen MR) is 52.7 cm³/mol. The van der Waals surface area contributed by atoms with E-state index >= 15 is 0 Å². The van der Waals surface area contributed by atoms with Gasteiger partial charge in [0.1, 0.15) is 6.04 Å². The Morgan fingerprint density at radius 1 is 1.40 bits per heavy atom. The van der Waals surface area contributed by atoms with Gasteiger partial charge in [0.05, 0.1) is 7.11 Å². The van der Waals surface area contributed by atoms with E-state index in [0.717, 1.165) is 25.9 Å². The first kappa shape index (κ1) is 10.4. The van der Waals surface area contributed by atoms with Crippen molar-refractivity contribution in [3.8, 4) is 0 Å². The Labute approximate surface area is 88.9 Å². The molecular formula is C10H16N2O3. The summed E-state index contributed by atoms with van der Waals surface area (Å²) in [7, 11) is 1.37. The zero-order valence-corrected chi connectivity index (χ0v) is 8.94. The summed E-state index contributed by atoms with van der Waals surface area (Å²) in [6.07, 6.45) is 3.18. The zero-order chi connectivity index (χ0) is 10.8. The predicted octanol–water partition coefficient (Wildman–Crippen LogP) is 0.161. The number of carbonyl (C=O) groups excluding carboxylic acids is 2. The Morgan fingerprint density at radius 2 is 2.20 bits per heavy atom. The molecule has 0 aromatic heterocycles. The van der Waals surface area contributed by atoms with Gasteiger partial charge >= 0.3 is 5.97 Å². The Kier molecular flexibility index (Phi) is 2.90. The molecule has 1 amide bonds. The highest BCUT2D eigenvalue weighted by Crippen LogP contribution is 2.24. The van der Waals surface area contributed by atoms with Gasteiger partial charge in [-0.2, -0.15) is 0 Å². The molecule has 0 N–H and O–H groups in total. The van der Waals surface area contributed by atoms with Crippen LogP contribution in [0.5, 0.6) is 0 Å². The normalized spacial score (nSPS) is 27.4. The van der Waals surface area contributed by atoms with Crippen molar-refractivity contribution in [3.63, 3.8) is 0 Å². The van der Waals surface area contributed by atoms with Gasteiger partial charge in [0, 0.05) is 19.5 Å². The molecule has 2 heterocycles. The number of hydrazine groups is 1. The summed E-state index contributed by atoms with van der Waals surface area (Å²) in [6, 6.07) is -0.388. The summed E-state index contributed by atoms with van der Waals surface area (Å²) in [5.74, 6) is -0.242.